The smallest absolute Gasteiger partial charge is 0.213 e. The van der Waals surface area contributed by atoms with Crippen molar-refractivity contribution < 1.29 is 14.7 Å². The lowest BCUT2D eigenvalue weighted by atomic mass is 10.2. The van der Waals surface area contributed by atoms with Gasteiger partial charge in [-0.2, -0.15) is 0 Å². The van der Waals surface area contributed by atoms with Crippen LogP contribution in [0.4, 0.5) is 0 Å². The molecule has 0 aliphatic heterocycles. The Morgan fingerprint density at radius 3 is 2.76 bits per heavy atom. The summed E-state index contributed by atoms with van der Waals surface area (Å²) in [5, 5.41) is 12.4. The molecule has 0 aliphatic rings. The van der Waals surface area contributed by atoms with Gasteiger partial charge in [-0.05, 0) is 26.8 Å². The number of aliphatic hydroxyl groups excluding tert-OH is 1. The molecule has 0 saturated heterocycles. The number of hydrogen-bond donors (Lipinski definition) is 1. The third-order valence-electron chi connectivity index (χ3n) is 1.89. The van der Waals surface area contributed by atoms with Gasteiger partial charge in [-0.25, -0.2) is 4.98 Å². The molecular formula is C12H18N2O3. The van der Waals surface area contributed by atoms with Gasteiger partial charge in [-0.15, -0.1) is 0 Å². The van der Waals surface area contributed by atoms with Gasteiger partial charge < -0.3 is 14.7 Å². The van der Waals surface area contributed by atoms with Crippen LogP contribution in [0.15, 0.2) is 23.5 Å². The lowest BCUT2D eigenvalue weighted by molar-refractivity contribution is 0.0986. The van der Waals surface area contributed by atoms with Crippen LogP contribution in [0.3, 0.4) is 0 Å². The molecule has 5 heteroatoms. The summed E-state index contributed by atoms with van der Waals surface area (Å²) >= 11 is 0. The topological polar surface area (TPSA) is 63.9 Å². The molecule has 0 aromatic carbocycles. The fraction of sp³-hybridized carbons (Fsp3) is 0.500. The molecule has 1 N–H and O–H groups in total. The van der Waals surface area contributed by atoms with Crippen LogP contribution in [0.25, 0.3) is 0 Å². The van der Waals surface area contributed by atoms with Gasteiger partial charge in [0, 0.05) is 17.8 Å². The molecule has 1 aromatic heterocycles. The number of aliphatic hydroxyl groups is 1. The van der Waals surface area contributed by atoms with Gasteiger partial charge >= 0.3 is 0 Å². The largest absolute Gasteiger partial charge is 0.475 e. The van der Waals surface area contributed by atoms with Gasteiger partial charge in [0.05, 0.1) is 18.4 Å². The number of rotatable bonds is 6. The quantitative estimate of drug-likeness (QED) is 0.464. The highest BCUT2D eigenvalue weighted by Crippen LogP contribution is 2.10. The van der Waals surface area contributed by atoms with Crippen molar-refractivity contribution in [1.82, 2.24) is 4.98 Å². The standard InChI is InChI=1S/C12H18N2O3/c1-9(2)17-12-5-4-11(8-13-12)10(3)14-16-7-6-15/h4-5,8-9,15H,6-7H2,1-3H3/b14-10-. The molecule has 1 rings (SSSR count). The van der Waals surface area contributed by atoms with Gasteiger partial charge in [0.1, 0.15) is 6.61 Å². The molecule has 0 radical (unpaired) electrons. The zero-order valence-corrected chi connectivity index (χ0v) is 10.4. The second-order valence-corrected chi connectivity index (χ2v) is 3.79. The van der Waals surface area contributed by atoms with Crippen molar-refractivity contribution in [3.05, 3.63) is 23.9 Å². The Kier molecular flexibility index (Phi) is 5.42. The van der Waals surface area contributed by atoms with Crippen LogP contribution < -0.4 is 4.74 Å². The first-order valence-corrected chi connectivity index (χ1v) is 5.54. The van der Waals surface area contributed by atoms with Crippen molar-refractivity contribution in [3.63, 3.8) is 0 Å². The van der Waals surface area contributed by atoms with E-state index in [1.165, 1.54) is 0 Å². The fourth-order valence-corrected chi connectivity index (χ4v) is 1.14. The molecule has 0 saturated carbocycles. The second-order valence-electron chi connectivity index (χ2n) is 3.79. The number of aromatic nitrogens is 1. The van der Waals surface area contributed by atoms with E-state index in [2.05, 4.69) is 10.1 Å². The maximum absolute atomic E-state index is 8.55. The number of nitrogens with zero attached hydrogens (tertiary/aromatic N) is 2. The molecule has 1 aromatic rings. The van der Waals surface area contributed by atoms with E-state index in [0.29, 0.717) is 11.6 Å². The molecule has 1 heterocycles. The Bertz CT molecular complexity index is 361. The molecule has 0 fully saturated rings. The Balaban J connectivity index is 2.63. The second kappa shape index (κ2) is 6.85. The van der Waals surface area contributed by atoms with Crippen molar-refractivity contribution in [3.8, 4) is 5.88 Å². The van der Waals surface area contributed by atoms with Gasteiger partial charge in [0.2, 0.25) is 5.88 Å². The summed E-state index contributed by atoms with van der Waals surface area (Å²) in [6.45, 7) is 5.86. The Morgan fingerprint density at radius 2 is 2.24 bits per heavy atom. The normalized spacial score (nSPS) is 11.7. The average Bonchev–Trinajstić information content (AvgIpc) is 2.29. The van der Waals surface area contributed by atoms with E-state index in [-0.39, 0.29) is 19.3 Å². The molecule has 17 heavy (non-hydrogen) atoms. The monoisotopic (exact) mass is 238 g/mol. The van der Waals surface area contributed by atoms with Gasteiger partial charge in [0.25, 0.3) is 0 Å². The van der Waals surface area contributed by atoms with Gasteiger partial charge in [-0.3, -0.25) is 0 Å². The van der Waals surface area contributed by atoms with E-state index in [9.17, 15) is 0 Å². The van der Waals surface area contributed by atoms with E-state index in [1.807, 2.05) is 26.8 Å². The van der Waals surface area contributed by atoms with E-state index in [4.69, 9.17) is 14.7 Å². The van der Waals surface area contributed by atoms with Crippen molar-refractivity contribution in [1.29, 1.82) is 0 Å². The molecule has 94 valence electrons. The Hall–Kier alpha value is -1.62. The van der Waals surface area contributed by atoms with Gasteiger partial charge in [0.15, 0.2) is 0 Å². The van der Waals surface area contributed by atoms with Gasteiger partial charge in [-0.1, -0.05) is 5.16 Å². The SMILES string of the molecule is C/C(=N/OCCO)c1ccc(OC(C)C)nc1. The molecule has 0 spiro atoms. The number of ether oxygens (including phenoxy) is 1. The molecule has 0 amide bonds. The summed E-state index contributed by atoms with van der Waals surface area (Å²) in [5.74, 6) is 0.591. The first-order valence-electron chi connectivity index (χ1n) is 5.54. The Labute approximate surface area is 101 Å². The molecular weight excluding hydrogens is 220 g/mol. The molecule has 0 aliphatic carbocycles. The molecule has 0 bridgehead atoms. The molecule has 0 atom stereocenters. The highest BCUT2D eigenvalue weighted by molar-refractivity contribution is 5.98. The zero-order chi connectivity index (χ0) is 12.7. The predicted octanol–water partition coefficient (Wildman–Crippen LogP) is 1.60. The zero-order valence-electron chi connectivity index (χ0n) is 10.4. The van der Waals surface area contributed by atoms with E-state index >= 15 is 0 Å². The summed E-state index contributed by atoms with van der Waals surface area (Å²) in [4.78, 5) is 9.03. The lowest BCUT2D eigenvalue weighted by Gasteiger charge is -2.08. The van der Waals surface area contributed by atoms with Crippen LogP contribution in [-0.2, 0) is 4.84 Å². The van der Waals surface area contributed by atoms with Crippen molar-refractivity contribution >= 4 is 5.71 Å². The van der Waals surface area contributed by atoms with Crippen LogP contribution in [0, 0.1) is 0 Å². The first-order chi connectivity index (χ1) is 8.13. The average molecular weight is 238 g/mol. The third-order valence-corrected chi connectivity index (χ3v) is 1.89. The van der Waals surface area contributed by atoms with Crippen molar-refractivity contribution in [2.45, 2.75) is 26.9 Å². The van der Waals surface area contributed by atoms with Crippen LogP contribution in [0.1, 0.15) is 26.3 Å². The minimum Gasteiger partial charge on any atom is -0.475 e. The Morgan fingerprint density at radius 1 is 1.47 bits per heavy atom. The predicted molar refractivity (Wildman–Crippen MR) is 65.2 cm³/mol. The van der Waals surface area contributed by atoms with Crippen LogP contribution in [0.2, 0.25) is 0 Å². The summed E-state index contributed by atoms with van der Waals surface area (Å²) in [7, 11) is 0. The summed E-state index contributed by atoms with van der Waals surface area (Å²) in [5.41, 5.74) is 1.57. The van der Waals surface area contributed by atoms with E-state index < -0.39 is 0 Å². The highest BCUT2D eigenvalue weighted by Gasteiger charge is 2.02. The summed E-state index contributed by atoms with van der Waals surface area (Å²) in [6, 6.07) is 3.66. The third kappa shape index (κ3) is 4.82. The number of oxime groups is 1. The first kappa shape index (κ1) is 13.4. The minimum atomic E-state index is -0.0454. The summed E-state index contributed by atoms with van der Waals surface area (Å²) in [6.07, 6.45) is 1.79. The summed E-state index contributed by atoms with van der Waals surface area (Å²) < 4.78 is 5.43. The van der Waals surface area contributed by atoms with Crippen LogP contribution >= 0.6 is 0 Å². The number of pyridine rings is 1. The van der Waals surface area contributed by atoms with Crippen LogP contribution in [0.5, 0.6) is 5.88 Å². The maximum Gasteiger partial charge on any atom is 0.213 e. The van der Waals surface area contributed by atoms with Crippen molar-refractivity contribution in [2.75, 3.05) is 13.2 Å². The van der Waals surface area contributed by atoms with E-state index in [1.54, 1.807) is 12.3 Å². The highest BCUT2D eigenvalue weighted by atomic mass is 16.6. The molecule has 5 nitrogen and oxygen atoms in total. The fourth-order valence-electron chi connectivity index (χ4n) is 1.14. The lowest BCUT2D eigenvalue weighted by Crippen LogP contribution is -2.07. The number of hydrogen-bond acceptors (Lipinski definition) is 5. The van der Waals surface area contributed by atoms with E-state index in [0.717, 1.165) is 5.56 Å². The van der Waals surface area contributed by atoms with Crippen molar-refractivity contribution in [2.24, 2.45) is 5.16 Å². The van der Waals surface area contributed by atoms with Crippen LogP contribution in [-0.4, -0.2) is 35.1 Å². The molecule has 0 unspecified atom stereocenters. The minimum absolute atomic E-state index is 0.0454. The maximum atomic E-state index is 8.55.